The number of ketones is 1. The van der Waals surface area contributed by atoms with E-state index in [0.29, 0.717) is 27.7 Å². The average Bonchev–Trinajstić information content (AvgIpc) is 2.82. The summed E-state index contributed by atoms with van der Waals surface area (Å²) < 4.78 is 11.4. The zero-order valence-electron chi connectivity index (χ0n) is 16.7. The van der Waals surface area contributed by atoms with Crippen molar-refractivity contribution in [3.8, 4) is 17.0 Å². The highest BCUT2D eigenvalue weighted by Crippen LogP contribution is 2.27. The molecule has 0 aliphatic rings. The van der Waals surface area contributed by atoms with Gasteiger partial charge in [-0.1, -0.05) is 46.3 Å². The summed E-state index contributed by atoms with van der Waals surface area (Å²) in [6, 6.07) is 23.4. The number of esters is 1. The molecule has 4 rings (SSSR count). The Balaban J connectivity index is 1.62. The summed E-state index contributed by atoms with van der Waals surface area (Å²) in [5, 5.41) is 0.667. The van der Waals surface area contributed by atoms with Crippen molar-refractivity contribution in [1.29, 1.82) is 0 Å². The number of rotatable bonds is 6. The molecule has 0 saturated heterocycles. The van der Waals surface area contributed by atoms with E-state index in [2.05, 4.69) is 20.9 Å². The standard InChI is InChI=1S/C25H18BrNO4/c1-30-19-12-8-16(9-13-19)23-14-21(20-4-2-3-5-22(20)27-23)25(29)31-15-24(28)17-6-10-18(26)11-7-17/h2-14H,15H2,1H3. The summed E-state index contributed by atoms with van der Waals surface area (Å²) in [4.78, 5) is 30.0. The largest absolute Gasteiger partial charge is 0.497 e. The molecule has 0 bridgehead atoms. The number of carbonyl (C=O) groups excluding carboxylic acids is 2. The molecule has 31 heavy (non-hydrogen) atoms. The molecule has 0 spiro atoms. The fraction of sp³-hybridized carbons (Fsp3) is 0.0800. The lowest BCUT2D eigenvalue weighted by Crippen LogP contribution is -2.15. The van der Waals surface area contributed by atoms with E-state index in [0.717, 1.165) is 15.8 Å². The monoisotopic (exact) mass is 475 g/mol. The third-order valence-electron chi connectivity index (χ3n) is 4.82. The maximum absolute atomic E-state index is 12.9. The van der Waals surface area contributed by atoms with Crippen LogP contribution in [0.2, 0.25) is 0 Å². The number of nitrogens with zero attached hydrogens (tertiary/aromatic N) is 1. The predicted molar refractivity (Wildman–Crippen MR) is 122 cm³/mol. The van der Waals surface area contributed by atoms with Crippen LogP contribution in [0.1, 0.15) is 20.7 Å². The number of aromatic nitrogens is 1. The van der Waals surface area contributed by atoms with Crippen LogP contribution in [-0.2, 0) is 4.74 Å². The predicted octanol–water partition coefficient (Wildman–Crippen LogP) is 5.71. The highest BCUT2D eigenvalue weighted by Gasteiger charge is 2.17. The number of hydrogen-bond donors (Lipinski definition) is 0. The molecule has 0 fully saturated rings. The van der Waals surface area contributed by atoms with Crippen LogP contribution in [0.4, 0.5) is 0 Å². The molecule has 0 aliphatic heterocycles. The minimum absolute atomic E-state index is 0.269. The number of methoxy groups -OCH3 is 1. The number of pyridine rings is 1. The Bertz CT molecular complexity index is 1250. The summed E-state index contributed by atoms with van der Waals surface area (Å²) in [5.74, 6) is -0.107. The Labute approximate surface area is 187 Å². The lowest BCUT2D eigenvalue weighted by Gasteiger charge is -2.10. The molecule has 1 heterocycles. The summed E-state index contributed by atoms with van der Waals surface area (Å²) >= 11 is 3.33. The first-order valence-corrected chi connectivity index (χ1v) is 10.3. The maximum atomic E-state index is 12.9. The van der Waals surface area contributed by atoms with Crippen molar-refractivity contribution < 1.29 is 19.1 Å². The fourth-order valence-electron chi connectivity index (χ4n) is 3.18. The van der Waals surface area contributed by atoms with Gasteiger partial charge in [-0.2, -0.15) is 0 Å². The number of fused-ring (bicyclic) bond motifs is 1. The van der Waals surface area contributed by atoms with Crippen LogP contribution in [0, 0.1) is 0 Å². The van der Waals surface area contributed by atoms with Crippen LogP contribution in [0.5, 0.6) is 5.75 Å². The SMILES string of the molecule is COc1ccc(-c2cc(C(=O)OCC(=O)c3ccc(Br)cc3)c3ccccc3n2)cc1. The topological polar surface area (TPSA) is 65.5 Å². The molecule has 0 saturated carbocycles. The lowest BCUT2D eigenvalue weighted by molar-refractivity contribution is 0.0476. The van der Waals surface area contributed by atoms with Gasteiger partial charge >= 0.3 is 5.97 Å². The second-order valence-electron chi connectivity index (χ2n) is 6.81. The van der Waals surface area contributed by atoms with Gasteiger partial charge in [0.25, 0.3) is 0 Å². The zero-order chi connectivity index (χ0) is 21.8. The van der Waals surface area contributed by atoms with Crippen molar-refractivity contribution >= 4 is 38.6 Å². The van der Waals surface area contributed by atoms with Gasteiger partial charge in [-0.05, 0) is 48.5 Å². The van der Waals surface area contributed by atoms with E-state index in [-0.39, 0.29) is 12.4 Å². The molecule has 0 atom stereocenters. The molecule has 5 nitrogen and oxygen atoms in total. The maximum Gasteiger partial charge on any atom is 0.339 e. The zero-order valence-corrected chi connectivity index (χ0v) is 18.3. The highest BCUT2D eigenvalue weighted by atomic mass is 79.9. The Kier molecular flexibility index (Phi) is 6.09. The second kappa shape index (κ2) is 9.10. The number of benzene rings is 3. The molecule has 0 amide bonds. The van der Waals surface area contributed by atoms with Crippen LogP contribution in [0.25, 0.3) is 22.2 Å². The first-order valence-electron chi connectivity index (χ1n) is 9.55. The lowest BCUT2D eigenvalue weighted by atomic mass is 10.0. The van der Waals surface area contributed by atoms with Gasteiger partial charge in [-0.15, -0.1) is 0 Å². The number of para-hydroxylation sites is 1. The fourth-order valence-corrected chi connectivity index (χ4v) is 3.45. The van der Waals surface area contributed by atoms with E-state index in [1.807, 2.05) is 48.5 Å². The molecule has 0 N–H and O–H groups in total. The number of carbonyl (C=O) groups is 2. The molecule has 3 aromatic carbocycles. The molecule has 4 aromatic rings. The summed E-state index contributed by atoms with van der Waals surface area (Å²) in [5.41, 5.74) is 2.98. The van der Waals surface area contributed by atoms with Crippen LogP contribution in [0.15, 0.2) is 83.3 Å². The van der Waals surface area contributed by atoms with Crippen molar-refractivity contribution in [1.82, 2.24) is 4.98 Å². The molecule has 1 aromatic heterocycles. The molecule has 0 aliphatic carbocycles. The van der Waals surface area contributed by atoms with Gasteiger partial charge in [0.1, 0.15) is 5.75 Å². The number of Topliss-reactive ketones (excluding diaryl/α,β-unsaturated/α-hetero) is 1. The second-order valence-corrected chi connectivity index (χ2v) is 7.72. The summed E-state index contributed by atoms with van der Waals surface area (Å²) in [7, 11) is 1.60. The number of halogens is 1. The molecule has 0 unspecified atom stereocenters. The molecule has 6 heteroatoms. The minimum atomic E-state index is -0.571. The molecular formula is C25H18BrNO4. The van der Waals surface area contributed by atoms with Gasteiger partial charge < -0.3 is 9.47 Å². The minimum Gasteiger partial charge on any atom is -0.497 e. The van der Waals surface area contributed by atoms with E-state index in [1.165, 1.54) is 0 Å². The van der Waals surface area contributed by atoms with Gasteiger partial charge in [0.2, 0.25) is 0 Å². The Morgan fingerprint density at radius 3 is 2.35 bits per heavy atom. The average molecular weight is 476 g/mol. The Morgan fingerprint density at radius 2 is 1.65 bits per heavy atom. The van der Waals surface area contributed by atoms with Gasteiger partial charge in [0.05, 0.1) is 23.9 Å². The van der Waals surface area contributed by atoms with Crippen molar-refractivity contribution in [3.05, 3.63) is 94.5 Å². The molecule has 154 valence electrons. The van der Waals surface area contributed by atoms with Crippen molar-refractivity contribution in [3.63, 3.8) is 0 Å². The van der Waals surface area contributed by atoms with Gasteiger partial charge in [0, 0.05) is 21.0 Å². The van der Waals surface area contributed by atoms with Crippen LogP contribution < -0.4 is 4.74 Å². The van der Waals surface area contributed by atoms with E-state index in [1.54, 1.807) is 37.4 Å². The van der Waals surface area contributed by atoms with Crippen molar-refractivity contribution in [2.75, 3.05) is 13.7 Å². The normalized spacial score (nSPS) is 10.6. The van der Waals surface area contributed by atoms with E-state index in [4.69, 9.17) is 9.47 Å². The van der Waals surface area contributed by atoms with Crippen LogP contribution >= 0.6 is 15.9 Å². The summed E-state index contributed by atoms with van der Waals surface area (Å²) in [6.07, 6.45) is 0. The number of hydrogen-bond acceptors (Lipinski definition) is 5. The Morgan fingerprint density at radius 1 is 0.935 bits per heavy atom. The van der Waals surface area contributed by atoms with Gasteiger partial charge in [-0.3, -0.25) is 4.79 Å². The van der Waals surface area contributed by atoms with E-state index >= 15 is 0 Å². The quantitative estimate of drug-likeness (QED) is 0.263. The van der Waals surface area contributed by atoms with E-state index in [9.17, 15) is 9.59 Å². The van der Waals surface area contributed by atoms with Crippen LogP contribution in [0.3, 0.4) is 0 Å². The smallest absolute Gasteiger partial charge is 0.339 e. The molecule has 0 radical (unpaired) electrons. The van der Waals surface area contributed by atoms with Crippen molar-refractivity contribution in [2.45, 2.75) is 0 Å². The van der Waals surface area contributed by atoms with Gasteiger partial charge in [0.15, 0.2) is 12.4 Å². The Hall–Kier alpha value is -3.51. The number of ether oxygens (including phenoxy) is 2. The molecular weight excluding hydrogens is 458 g/mol. The summed E-state index contributed by atoms with van der Waals surface area (Å²) in [6.45, 7) is -0.338. The van der Waals surface area contributed by atoms with Crippen LogP contribution in [-0.4, -0.2) is 30.5 Å². The third-order valence-corrected chi connectivity index (χ3v) is 5.35. The van der Waals surface area contributed by atoms with Crippen molar-refractivity contribution in [2.24, 2.45) is 0 Å². The van der Waals surface area contributed by atoms with E-state index < -0.39 is 5.97 Å². The highest BCUT2D eigenvalue weighted by molar-refractivity contribution is 9.10. The first-order chi connectivity index (χ1) is 15.0. The third kappa shape index (κ3) is 4.64. The van der Waals surface area contributed by atoms with Gasteiger partial charge in [-0.25, -0.2) is 9.78 Å². The first kappa shape index (κ1) is 20.8.